The second-order valence-corrected chi connectivity index (χ2v) is 15.5. The number of aromatic amines is 1. The van der Waals surface area contributed by atoms with Gasteiger partial charge in [0, 0.05) is 24.0 Å². The number of benzene rings is 2. The number of unbranched alkanes of at least 4 members (excludes halogenated alkanes) is 1. The van der Waals surface area contributed by atoms with Crippen LogP contribution in [0.1, 0.15) is 82.2 Å². The summed E-state index contributed by atoms with van der Waals surface area (Å²) >= 11 is 0. The average molecular weight is 817 g/mol. The molecule has 12 nitrogen and oxygen atoms in total. The van der Waals surface area contributed by atoms with E-state index in [1.807, 2.05) is 13.8 Å². The lowest BCUT2D eigenvalue weighted by Gasteiger charge is -2.39. The van der Waals surface area contributed by atoms with Crippen LogP contribution in [0.15, 0.2) is 42.5 Å². The Morgan fingerprint density at radius 3 is 2.22 bits per heavy atom. The molecule has 4 rings (SSSR count). The van der Waals surface area contributed by atoms with Gasteiger partial charge in [0.15, 0.2) is 0 Å². The molecule has 1 aliphatic carbocycles. The van der Waals surface area contributed by atoms with Gasteiger partial charge < -0.3 is 31.0 Å². The predicted octanol–water partition coefficient (Wildman–Crippen LogP) is 4.98. The highest BCUT2D eigenvalue weighted by molar-refractivity contribution is 5.99. The van der Waals surface area contributed by atoms with Gasteiger partial charge in [-0.2, -0.15) is 13.2 Å². The summed E-state index contributed by atoms with van der Waals surface area (Å²) in [6, 6.07) is 7.35. The van der Waals surface area contributed by atoms with Crippen LogP contribution >= 0.6 is 0 Å². The van der Waals surface area contributed by atoms with Crippen LogP contribution in [-0.4, -0.2) is 90.9 Å². The van der Waals surface area contributed by atoms with Crippen LogP contribution in [0, 0.1) is 17.7 Å². The molecular formula is C42H56F4N6O6. The second-order valence-electron chi connectivity index (χ2n) is 15.5. The Kier molecular flexibility index (Phi) is 15.9. The van der Waals surface area contributed by atoms with Crippen LogP contribution in [0.2, 0.25) is 0 Å². The monoisotopic (exact) mass is 816 g/mol. The van der Waals surface area contributed by atoms with Crippen molar-refractivity contribution in [2.45, 2.75) is 103 Å². The number of aryl methyl sites for hydroxylation is 1. The van der Waals surface area contributed by atoms with Gasteiger partial charge in [-0.05, 0) is 74.9 Å². The minimum absolute atomic E-state index is 0.0382. The van der Waals surface area contributed by atoms with E-state index in [4.69, 9.17) is 4.74 Å². The summed E-state index contributed by atoms with van der Waals surface area (Å²) in [5.41, 5.74) is -1.71. The molecule has 5 N–H and O–H groups in total. The Bertz CT molecular complexity index is 1930. The highest BCUT2D eigenvalue weighted by Gasteiger charge is 2.47. The lowest BCUT2D eigenvalue weighted by molar-refractivity contribution is -0.144. The van der Waals surface area contributed by atoms with E-state index in [-0.39, 0.29) is 73.7 Å². The topological polar surface area (TPSA) is 162 Å². The number of amides is 4. The summed E-state index contributed by atoms with van der Waals surface area (Å²) in [5.74, 6) is -4.25. The molecule has 1 aliphatic rings. The fraction of sp³-hybridized carbons (Fsp3) is 0.548. The van der Waals surface area contributed by atoms with Gasteiger partial charge in [-0.3, -0.25) is 28.9 Å². The Morgan fingerprint density at radius 2 is 1.59 bits per heavy atom. The molecule has 58 heavy (non-hydrogen) atoms. The molecule has 318 valence electrons. The van der Waals surface area contributed by atoms with Gasteiger partial charge in [-0.25, -0.2) is 4.39 Å². The molecular weight excluding hydrogens is 760 g/mol. The predicted molar refractivity (Wildman–Crippen MR) is 211 cm³/mol. The van der Waals surface area contributed by atoms with E-state index in [9.17, 15) is 41.5 Å². The summed E-state index contributed by atoms with van der Waals surface area (Å²) in [7, 11) is 3.50. The number of rotatable bonds is 19. The number of aromatic nitrogens is 1. The van der Waals surface area contributed by atoms with E-state index >= 15 is 0 Å². The van der Waals surface area contributed by atoms with E-state index in [1.165, 1.54) is 30.3 Å². The van der Waals surface area contributed by atoms with E-state index in [0.29, 0.717) is 36.9 Å². The fourth-order valence-corrected chi connectivity index (χ4v) is 7.14. The lowest BCUT2D eigenvalue weighted by Crippen LogP contribution is -2.67. The van der Waals surface area contributed by atoms with Gasteiger partial charge in [-0.1, -0.05) is 70.9 Å². The maximum absolute atomic E-state index is 14.7. The first-order chi connectivity index (χ1) is 27.4. The molecule has 16 heteroatoms. The van der Waals surface area contributed by atoms with Gasteiger partial charge in [0.1, 0.15) is 23.4 Å². The number of para-hydroxylation sites is 1. The van der Waals surface area contributed by atoms with E-state index in [0.717, 1.165) is 6.07 Å². The number of hydrogen-bond donors (Lipinski definition) is 5. The van der Waals surface area contributed by atoms with Crippen LogP contribution < -0.4 is 21.3 Å². The lowest BCUT2D eigenvalue weighted by atomic mass is 9.78. The number of hydrogen-bond acceptors (Lipinski definition) is 7. The number of nitrogens with zero attached hydrogens (tertiary/aromatic N) is 1. The molecule has 0 radical (unpaired) electrons. The number of H-pyrrole nitrogens is 1. The molecule has 0 saturated heterocycles. The molecule has 4 unspecified atom stereocenters. The molecule has 4 amide bonds. The first-order valence-corrected chi connectivity index (χ1v) is 19.8. The largest absolute Gasteiger partial charge is 0.465 e. The molecule has 0 saturated carbocycles. The second kappa shape index (κ2) is 20.1. The smallest absolute Gasteiger partial charge is 0.418 e. The Labute approximate surface area is 336 Å². The number of nitrogens with one attached hydrogen (secondary N) is 5. The highest BCUT2D eigenvalue weighted by atomic mass is 19.4. The van der Waals surface area contributed by atoms with Gasteiger partial charge in [0.25, 0.3) is 0 Å². The molecule has 5 atom stereocenters. The maximum Gasteiger partial charge on any atom is 0.418 e. The van der Waals surface area contributed by atoms with Gasteiger partial charge in [-0.15, -0.1) is 0 Å². The zero-order valence-corrected chi connectivity index (χ0v) is 34.0. The van der Waals surface area contributed by atoms with Crippen LogP contribution in [-0.2, 0) is 54.1 Å². The van der Waals surface area contributed by atoms with Crippen LogP contribution in [0.3, 0.4) is 0 Å². The number of alkyl halides is 3. The third kappa shape index (κ3) is 11.6. The molecule has 0 aliphatic heterocycles. The van der Waals surface area contributed by atoms with Crippen molar-refractivity contribution < 1.29 is 46.3 Å². The van der Waals surface area contributed by atoms with Crippen molar-refractivity contribution in [3.63, 3.8) is 0 Å². The fourth-order valence-electron chi connectivity index (χ4n) is 7.14. The van der Waals surface area contributed by atoms with Gasteiger partial charge >= 0.3 is 12.1 Å². The van der Waals surface area contributed by atoms with Crippen molar-refractivity contribution in [1.29, 1.82) is 0 Å². The summed E-state index contributed by atoms with van der Waals surface area (Å²) in [6.45, 7) is 7.77. The zero-order chi connectivity index (χ0) is 42.8. The van der Waals surface area contributed by atoms with Crippen LogP contribution in [0.25, 0.3) is 10.9 Å². The third-order valence-corrected chi connectivity index (χ3v) is 10.9. The number of fused-ring (bicyclic) bond motifs is 3. The Morgan fingerprint density at radius 1 is 0.914 bits per heavy atom. The van der Waals surface area contributed by atoms with Crippen molar-refractivity contribution in [3.05, 3.63) is 70.7 Å². The SMILES string of the molecule is CCC(C)C(NC(=O)Cc1ccccc1F)C(=O)N[C@@]1(C(=O)NC(C(=O)NCCCCOC(=O)CN(C)C)C(C)CC)CCc2[nH]c3c(C(F)(F)F)cccc3c2C1. The molecule has 1 aromatic heterocycles. The summed E-state index contributed by atoms with van der Waals surface area (Å²) in [5, 5.41) is 11.6. The number of carbonyl (C=O) groups is 5. The van der Waals surface area contributed by atoms with Crippen molar-refractivity contribution in [1.82, 2.24) is 31.2 Å². The third-order valence-electron chi connectivity index (χ3n) is 10.9. The summed E-state index contributed by atoms with van der Waals surface area (Å²) < 4.78 is 61.9. The summed E-state index contributed by atoms with van der Waals surface area (Å²) in [6.07, 6.45) is -3.24. The number of halogens is 4. The minimum atomic E-state index is -4.66. The number of carbonyl (C=O) groups excluding carboxylic acids is 5. The van der Waals surface area contributed by atoms with Crippen molar-refractivity contribution in [2.75, 3.05) is 33.8 Å². The van der Waals surface area contributed by atoms with Crippen LogP contribution in [0.5, 0.6) is 0 Å². The van der Waals surface area contributed by atoms with Crippen molar-refractivity contribution in [3.8, 4) is 0 Å². The minimum Gasteiger partial charge on any atom is -0.465 e. The number of ether oxygens (including phenoxy) is 1. The van der Waals surface area contributed by atoms with Gasteiger partial charge in [0.2, 0.25) is 23.6 Å². The van der Waals surface area contributed by atoms with E-state index in [1.54, 1.807) is 38.9 Å². The standard InChI is InChI=1S/C42H56F4N6O6/c1-7-25(3)35(38(55)47-20-11-12-21-58-34(54)24-52(5)6)50-40(57)41(19-18-32-29(23-41)28-15-13-16-30(37(28)48-32)42(44,45)46)51-39(56)36(26(4)8-2)49-33(53)22-27-14-9-10-17-31(27)43/h9-10,13-17,25-26,35-36,48H,7-8,11-12,18-24H2,1-6H3,(H,47,55)(H,49,53)(H,50,57)(H,51,56)/t25?,26?,35?,36?,41-/m0/s1. The van der Waals surface area contributed by atoms with E-state index in [2.05, 4.69) is 26.3 Å². The molecule has 0 spiro atoms. The van der Waals surface area contributed by atoms with Crippen molar-refractivity contribution >= 4 is 40.5 Å². The number of likely N-dealkylation sites (N-methyl/N-ethyl adjacent to an activating group) is 1. The quantitative estimate of drug-likeness (QED) is 0.0649. The Balaban J connectivity index is 1.62. The number of esters is 1. The zero-order valence-electron chi connectivity index (χ0n) is 34.0. The molecule has 1 heterocycles. The van der Waals surface area contributed by atoms with Gasteiger partial charge in [0.05, 0.1) is 30.7 Å². The normalized spacial score (nSPS) is 17.4. The van der Waals surface area contributed by atoms with Crippen molar-refractivity contribution in [2.24, 2.45) is 11.8 Å². The van der Waals surface area contributed by atoms with E-state index < -0.39 is 64.7 Å². The first kappa shape index (κ1) is 45.7. The molecule has 0 fully saturated rings. The highest BCUT2D eigenvalue weighted by Crippen LogP contribution is 2.40. The molecule has 3 aromatic rings. The maximum atomic E-state index is 14.7. The van der Waals surface area contributed by atoms with Crippen LogP contribution in [0.4, 0.5) is 17.6 Å². The average Bonchev–Trinajstić information content (AvgIpc) is 3.54. The summed E-state index contributed by atoms with van der Waals surface area (Å²) in [4.78, 5) is 72.4. The Hall–Kier alpha value is -4.99. The molecule has 0 bridgehead atoms. The molecule has 2 aromatic carbocycles. The first-order valence-electron chi connectivity index (χ1n) is 19.8.